The highest BCUT2D eigenvalue weighted by molar-refractivity contribution is 7.99. The van der Waals surface area contributed by atoms with E-state index in [1.807, 2.05) is 0 Å². The minimum Gasteiger partial charge on any atom is -0.480 e. The van der Waals surface area contributed by atoms with Gasteiger partial charge >= 0.3 is 5.97 Å². The van der Waals surface area contributed by atoms with Gasteiger partial charge in [-0.15, -0.1) is 0 Å². The lowest BCUT2D eigenvalue weighted by Crippen LogP contribution is -2.56. The summed E-state index contributed by atoms with van der Waals surface area (Å²) >= 11 is 1.71. The molecule has 1 saturated heterocycles. The molecule has 108 valence electrons. The molecule has 1 aromatic heterocycles. The Morgan fingerprint density at radius 1 is 1.50 bits per heavy atom. The number of aliphatic carboxylic acids is 1. The van der Waals surface area contributed by atoms with Gasteiger partial charge in [0, 0.05) is 24.5 Å². The molecular weight excluding hydrogens is 280 g/mol. The van der Waals surface area contributed by atoms with E-state index in [9.17, 15) is 14.7 Å². The molecule has 0 aromatic carbocycles. The number of nitrogens with one attached hydrogen (secondary N) is 2. The number of nitrogens with zero attached hydrogens (tertiary/aromatic N) is 2. The summed E-state index contributed by atoms with van der Waals surface area (Å²) in [4.78, 5) is 32.5. The Kier molecular flexibility index (Phi) is 3.66. The van der Waals surface area contributed by atoms with Gasteiger partial charge in [-0.05, 0) is 0 Å². The molecule has 7 nitrogen and oxygen atoms in total. The third-order valence-electron chi connectivity index (χ3n) is 3.69. The summed E-state index contributed by atoms with van der Waals surface area (Å²) in [6, 6.07) is -1.12. The predicted molar refractivity (Wildman–Crippen MR) is 73.4 cm³/mol. The summed E-state index contributed by atoms with van der Waals surface area (Å²) in [5, 5.41) is 12.5. The standard InChI is InChI=1S/C12H16N4O3S/c17-11(9-5-20-2-1-13-9)16-4-8-7(14-6-15-8)3-10(16)12(18)19/h6,9-10,13H,1-5H2,(H,14,15)(H,18,19). The molecule has 0 bridgehead atoms. The third kappa shape index (κ3) is 2.40. The second-order valence-corrected chi connectivity index (χ2v) is 6.08. The van der Waals surface area contributed by atoms with Gasteiger partial charge in [-0.25, -0.2) is 9.78 Å². The molecule has 0 spiro atoms. The lowest BCUT2D eigenvalue weighted by Gasteiger charge is -2.35. The zero-order valence-electron chi connectivity index (χ0n) is 10.8. The van der Waals surface area contributed by atoms with E-state index in [-0.39, 0.29) is 24.9 Å². The fourth-order valence-corrected chi connectivity index (χ4v) is 3.54. The maximum absolute atomic E-state index is 12.6. The van der Waals surface area contributed by atoms with E-state index in [1.54, 1.807) is 18.1 Å². The number of fused-ring (bicyclic) bond motifs is 1. The molecule has 2 aliphatic heterocycles. The van der Waals surface area contributed by atoms with Crippen molar-refractivity contribution in [2.75, 3.05) is 18.1 Å². The summed E-state index contributed by atoms with van der Waals surface area (Å²) in [5.41, 5.74) is 1.58. The number of carboxylic acid groups (broad SMARTS) is 1. The fraction of sp³-hybridized carbons (Fsp3) is 0.583. The monoisotopic (exact) mass is 296 g/mol. The van der Waals surface area contributed by atoms with Crippen LogP contribution in [0.15, 0.2) is 6.33 Å². The van der Waals surface area contributed by atoms with Crippen LogP contribution < -0.4 is 5.32 Å². The molecule has 3 rings (SSSR count). The second-order valence-electron chi connectivity index (χ2n) is 4.93. The molecule has 0 saturated carbocycles. The van der Waals surface area contributed by atoms with Crippen molar-refractivity contribution < 1.29 is 14.7 Å². The number of hydrogen-bond donors (Lipinski definition) is 3. The van der Waals surface area contributed by atoms with Crippen molar-refractivity contribution in [2.45, 2.75) is 25.0 Å². The van der Waals surface area contributed by atoms with Gasteiger partial charge in [0.2, 0.25) is 5.91 Å². The first-order valence-corrected chi connectivity index (χ1v) is 7.68. The van der Waals surface area contributed by atoms with Crippen LogP contribution in [-0.2, 0) is 22.6 Å². The zero-order valence-corrected chi connectivity index (χ0v) is 11.7. The Labute approximate surface area is 120 Å². The molecule has 2 unspecified atom stereocenters. The van der Waals surface area contributed by atoms with Crippen LogP contribution in [-0.4, -0.2) is 62.0 Å². The van der Waals surface area contributed by atoms with Crippen molar-refractivity contribution in [1.29, 1.82) is 0 Å². The number of H-pyrrole nitrogens is 1. The van der Waals surface area contributed by atoms with Crippen LogP contribution in [0.25, 0.3) is 0 Å². The fourth-order valence-electron chi connectivity index (χ4n) is 2.61. The van der Waals surface area contributed by atoms with Gasteiger partial charge in [-0.3, -0.25) is 4.79 Å². The number of carboxylic acids is 1. The Morgan fingerprint density at radius 3 is 3.05 bits per heavy atom. The first-order chi connectivity index (χ1) is 9.66. The Balaban J connectivity index is 1.82. The van der Waals surface area contributed by atoms with Gasteiger partial charge in [0.1, 0.15) is 6.04 Å². The van der Waals surface area contributed by atoms with Crippen LogP contribution in [0.3, 0.4) is 0 Å². The van der Waals surface area contributed by atoms with Crippen molar-refractivity contribution in [3.05, 3.63) is 17.7 Å². The van der Waals surface area contributed by atoms with Crippen LogP contribution >= 0.6 is 11.8 Å². The first-order valence-electron chi connectivity index (χ1n) is 6.52. The van der Waals surface area contributed by atoms with Crippen LogP contribution in [0.2, 0.25) is 0 Å². The average molecular weight is 296 g/mol. The van der Waals surface area contributed by atoms with Gasteiger partial charge in [-0.1, -0.05) is 0 Å². The number of imidazole rings is 1. The van der Waals surface area contributed by atoms with Gasteiger partial charge in [-0.2, -0.15) is 11.8 Å². The normalized spacial score (nSPS) is 26.1. The zero-order chi connectivity index (χ0) is 14.1. The van der Waals surface area contributed by atoms with Crippen molar-refractivity contribution in [2.24, 2.45) is 0 Å². The van der Waals surface area contributed by atoms with E-state index in [0.29, 0.717) is 5.75 Å². The van der Waals surface area contributed by atoms with Gasteiger partial charge in [0.05, 0.1) is 30.3 Å². The van der Waals surface area contributed by atoms with E-state index in [0.717, 1.165) is 23.7 Å². The number of hydrogen-bond acceptors (Lipinski definition) is 5. The summed E-state index contributed by atoms with van der Waals surface area (Å²) in [7, 11) is 0. The molecule has 0 radical (unpaired) electrons. The third-order valence-corrected chi connectivity index (χ3v) is 4.75. The van der Waals surface area contributed by atoms with Gasteiger partial charge in [0.15, 0.2) is 0 Å². The minimum atomic E-state index is -0.976. The maximum atomic E-state index is 12.6. The Morgan fingerprint density at radius 2 is 2.35 bits per heavy atom. The Bertz CT molecular complexity index is 527. The molecule has 1 aromatic rings. The quantitative estimate of drug-likeness (QED) is 0.677. The lowest BCUT2D eigenvalue weighted by atomic mass is 10.0. The highest BCUT2D eigenvalue weighted by atomic mass is 32.2. The number of aromatic nitrogens is 2. The van der Waals surface area contributed by atoms with E-state index >= 15 is 0 Å². The molecule has 20 heavy (non-hydrogen) atoms. The number of rotatable bonds is 2. The predicted octanol–water partition coefficient (Wildman–Crippen LogP) is -0.547. The van der Waals surface area contributed by atoms with Gasteiger partial charge < -0.3 is 20.3 Å². The Hall–Kier alpha value is -1.54. The molecule has 2 atom stereocenters. The van der Waals surface area contributed by atoms with E-state index in [1.165, 1.54) is 4.90 Å². The average Bonchev–Trinajstić information content (AvgIpc) is 2.93. The summed E-state index contributed by atoms with van der Waals surface area (Å²) in [6.07, 6.45) is 1.81. The molecule has 0 aliphatic carbocycles. The molecule has 1 fully saturated rings. The van der Waals surface area contributed by atoms with Crippen molar-refractivity contribution in [1.82, 2.24) is 20.2 Å². The minimum absolute atomic E-state index is 0.134. The molecule has 3 N–H and O–H groups in total. The molecular formula is C12H16N4O3S. The largest absolute Gasteiger partial charge is 0.480 e. The number of carbonyl (C=O) groups excluding carboxylic acids is 1. The van der Waals surface area contributed by atoms with Crippen molar-refractivity contribution >= 4 is 23.6 Å². The van der Waals surface area contributed by atoms with Crippen molar-refractivity contribution in [3.63, 3.8) is 0 Å². The van der Waals surface area contributed by atoms with Crippen LogP contribution in [0.4, 0.5) is 0 Å². The van der Waals surface area contributed by atoms with Gasteiger partial charge in [0.25, 0.3) is 0 Å². The topological polar surface area (TPSA) is 98.3 Å². The lowest BCUT2D eigenvalue weighted by molar-refractivity contribution is -0.152. The van der Waals surface area contributed by atoms with Crippen LogP contribution in [0, 0.1) is 0 Å². The summed E-state index contributed by atoms with van der Waals surface area (Å²) in [6.45, 7) is 1.07. The van der Waals surface area contributed by atoms with Crippen LogP contribution in [0.1, 0.15) is 11.4 Å². The maximum Gasteiger partial charge on any atom is 0.326 e. The van der Waals surface area contributed by atoms with Crippen LogP contribution in [0.5, 0.6) is 0 Å². The number of thioether (sulfide) groups is 1. The first kappa shape index (κ1) is 13.4. The van der Waals surface area contributed by atoms with Crippen molar-refractivity contribution in [3.8, 4) is 0 Å². The highest BCUT2D eigenvalue weighted by Gasteiger charge is 2.38. The number of aromatic amines is 1. The SMILES string of the molecule is O=C(O)C1Cc2nc[nH]c2CN1C(=O)C1CSCCN1. The van der Waals surface area contributed by atoms with E-state index < -0.39 is 12.0 Å². The molecule has 3 heterocycles. The highest BCUT2D eigenvalue weighted by Crippen LogP contribution is 2.22. The molecule has 2 aliphatic rings. The second kappa shape index (κ2) is 5.45. The molecule has 1 amide bonds. The smallest absolute Gasteiger partial charge is 0.326 e. The summed E-state index contributed by atoms with van der Waals surface area (Å²) < 4.78 is 0. The summed E-state index contributed by atoms with van der Waals surface area (Å²) in [5.74, 6) is 0.564. The number of amides is 1. The number of carbonyl (C=O) groups is 2. The van der Waals surface area contributed by atoms with E-state index in [2.05, 4.69) is 15.3 Å². The van der Waals surface area contributed by atoms with E-state index in [4.69, 9.17) is 0 Å². The molecule has 8 heteroatoms.